The van der Waals surface area contributed by atoms with Gasteiger partial charge in [-0.3, -0.25) is 4.79 Å². The molecule has 0 aromatic heterocycles. The van der Waals surface area contributed by atoms with Gasteiger partial charge in [-0.1, -0.05) is 0 Å². The molecule has 0 atom stereocenters. The molecule has 0 saturated heterocycles. The standard InChI is InChI=1S/C19H25NO4S/c21-15-4-6-16(7-5-15)25(23,24)13-18-8-10-19(12-18,11-9-18)17(22)20-14-2-1-3-14/h4-7,14,21H,1-3,8-13H2,(H,20,22). The molecular weight excluding hydrogens is 338 g/mol. The number of aromatic hydroxyl groups is 1. The molecule has 2 bridgehead atoms. The van der Waals surface area contributed by atoms with Crippen LogP contribution < -0.4 is 5.32 Å². The first-order chi connectivity index (χ1) is 11.8. The molecule has 1 aromatic rings. The van der Waals surface area contributed by atoms with E-state index in [0.29, 0.717) is 12.5 Å². The zero-order valence-electron chi connectivity index (χ0n) is 14.3. The Morgan fingerprint density at radius 1 is 1.12 bits per heavy atom. The Kier molecular flexibility index (Phi) is 3.87. The summed E-state index contributed by atoms with van der Waals surface area (Å²) in [5.74, 6) is 0.313. The molecule has 3 aliphatic rings. The van der Waals surface area contributed by atoms with Crippen LogP contribution in [0.5, 0.6) is 5.75 Å². The van der Waals surface area contributed by atoms with E-state index in [1.54, 1.807) is 0 Å². The van der Waals surface area contributed by atoms with Gasteiger partial charge in [-0.2, -0.15) is 0 Å². The van der Waals surface area contributed by atoms with Gasteiger partial charge < -0.3 is 10.4 Å². The largest absolute Gasteiger partial charge is 0.508 e. The maximum absolute atomic E-state index is 12.8. The number of carbonyl (C=O) groups is 1. The number of benzene rings is 1. The summed E-state index contributed by atoms with van der Waals surface area (Å²) in [6.45, 7) is 0. The predicted octanol–water partition coefficient (Wildman–Crippen LogP) is 2.79. The Hall–Kier alpha value is -1.56. The summed E-state index contributed by atoms with van der Waals surface area (Å²) in [6, 6.07) is 6.07. The Bertz CT molecular complexity index is 772. The van der Waals surface area contributed by atoms with E-state index >= 15 is 0 Å². The van der Waals surface area contributed by atoms with Crippen molar-refractivity contribution in [2.75, 3.05) is 5.75 Å². The van der Waals surface area contributed by atoms with Crippen molar-refractivity contribution in [3.63, 3.8) is 0 Å². The van der Waals surface area contributed by atoms with Crippen LogP contribution in [0.3, 0.4) is 0 Å². The van der Waals surface area contributed by atoms with E-state index in [2.05, 4.69) is 5.32 Å². The van der Waals surface area contributed by atoms with Gasteiger partial charge in [0.25, 0.3) is 0 Å². The Morgan fingerprint density at radius 3 is 2.32 bits per heavy atom. The van der Waals surface area contributed by atoms with Gasteiger partial charge in [-0.05, 0) is 81.0 Å². The molecule has 3 aliphatic carbocycles. The summed E-state index contributed by atoms with van der Waals surface area (Å²) in [6.07, 6.45) is 7.24. The number of hydrogen-bond acceptors (Lipinski definition) is 4. The molecule has 5 nitrogen and oxygen atoms in total. The first-order valence-electron chi connectivity index (χ1n) is 9.16. The summed E-state index contributed by atoms with van der Waals surface area (Å²) >= 11 is 0. The van der Waals surface area contributed by atoms with E-state index in [0.717, 1.165) is 38.5 Å². The highest BCUT2D eigenvalue weighted by Gasteiger charge is 2.59. The van der Waals surface area contributed by atoms with E-state index in [-0.39, 0.29) is 33.1 Å². The highest BCUT2D eigenvalue weighted by atomic mass is 32.2. The molecule has 1 amide bonds. The van der Waals surface area contributed by atoms with Crippen molar-refractivity contribution in [3.05, 3.63) is 24.3 Å². The summed E-state index contributed by atoms with van der Waals surface area (Å²) in [5, 5.41) is 12.5. The van der Waals surface area contributed by atoms with Gasteiger partial charge in [-0.15, -0.1) is 0 Å². The van der Waals surface area contributed by atoms with Crippen LogP contribution >= 0.6 is 0 Å². The van der Waals surface area contributed by atoms with Gasteiger partial charge in [0.15, 0.2) is 9.84 Å². The van der Waals surface area contributed by atoms with Crippen LogP contribution in [0.4, 0.5) is 0 Å². The van der Waals surface area contributed by atoms with E-state index in [1.807, 2.05) is 0 Å². The minimum atomic E-state index is -3.42. The number of phenolic OH excluding ortho intramolecular Hbond substituents is 1. The van der Waals surface area contributed by atoms with E-state index < -0.39 is 9.84 Å². The highest BCUT2D eigenvalue weighted by molar-refractivity contribution is 7.91. The second-order valence-corrected chi connectivity index (χ2v) is 10.3. The molecule has 3 fully saturated rings. The van der Waals surface area contributed by atoms with Gasteiger partial charge in [0.2, 0.25) is 5.91 Å². The second kappa shape index (κ2) is 5.73. The zero-order valence-corrected chi connectivity index (χ0v) is 15.1. The highest BCUT2D eigenvalue weighted by Crippen LogP contribution is 2.62. The maximum Gasteiger partial charge on any atom is 0.226 e. The average molecular weight is 363 g/mol. The van der Waals surface area contributed by atoms with Gasteiger partial charge in [0.05, 0.1) is 10.6 Å². The maximum atomic E-state index is 12.8. The normalized spacial score (nSPS) is 31.7. The fourth-order valence-corrected chi connectivity index (χ4v) is 6.78. The molecule has 0 heterocycles. The third kappa shape index (κ3) is 2.94. The molecule has 6 heteroatoms. The van der Waals surface area contributed by atoms with Gasteiger partial charge >= 0.3 is 0 Å². The lowest BCUT2D eigenvalue weighted by Gasteiger charge is -2.32. The van der Waals surface area contributed by atoms with Gasteiger partial charge in [0.1, 0.15) is 5.75 Å². The number of hydrogen-bond donors (Lipinski definition) is 2. The van der Waals surface area contributed by atoms with Crippen molar-refractivity contribution >= 4 is 15.7 Å². The van der Waals surface area contributed by atoms with Crippen molar-refractivity contribution < 1.29 is 18.3 Å². The van der Waals surface area contributed by atoms with Crippen LogP contribution in [0.15, 0.2) is 29.2 Å². The molecule has 136 valence electrons. The first kappa shape index (κ1) is 16.9. The number of phenols is 1. The quantitative estimate of drug-likeness (QED) is 0.843. The SMILES string of the molecule is O=C(NC1CCC1)C12CCC(CS(=O)(=O)c3ccc(O)cc3)(CC1)C2. The Morgan fingerprint density at radius 2 is 1.76 bits per heavy atom. The number of carbonyl (C=O) groups excluding carboxylic acids is 1. The fraction of sp³-hybridized carbons (Fsp3) is 0.632. The molecule has 0 spiro atoms. The minimum absolute atomic E-state index is 0.0607. The molecule has 2 N–H and O–H groups in total. The van der Waals surface area contributed by atoms with Gasteiger partial charge in [-0.25, -0.2) is 8.42 Å². The summed E-state index contributed by atoms with van der Waals surface area (Å²) in [4.78, 5) is 13.0. The van der Waals surface area contributed by atoms with Crippen LogP contribution in [-0.4, -0.2) is 31.2 Å². The molecule has 3 saturated carbocycles. The van der Waals surface area contributed by atoms with Gasteiger partial charge in [0, 0.05) is 11.5 Å². The number of nitrogens with one attached hydrogen (secondary N) is 1. The lowest BCUT2D eigenvalue weighted by molar-refractivity contribution is -0.131. The lowest BCUT2D eigenvalue weighted by atomic mass is 9.81. The molecule has 4 rings (SSSR count). The molecule has 25 heavy (non-hydrogen) atoms. The van der Waals surface area contributed by atoms with Crippen LogP contribution in [0, 0.1) is 10.8 Å². The fourth-order valence-electron chi connectivity index (χ4n) is 4.86. The second-order valence-electron chi connectivity index (χ2n) is 8.31. The summed E-state index contributed by atoms with van der Waals surface area (Å²) in [5.41, 5.74) is -0.617. The Balaban J connectivity index is 1.48. The predicted molar refractivity (Wildman–Crippen MR) is 93.9 cm³/mol. The minimum Gasteiger partial charge on any atom is -0.508 e. The zero-order chi connectivity index (χ0) is 17.7. The van der Waals surface area contributed by atoms with Crippen LogP contribution in [-0.2, 0) is 14.6 Å². The monoisotopic (exact) mass is 363 g/mol. The molecule has 0 radical (unpaired) electrons. The van der Waals surface area contributed by atoms with Crippen molar-refractivity contribution in [2.45, 2.75) is 62.3 Å². The van der Waals surface area contributed by atoms with Crippen molar-refractivity contribution in [3.8, 4) is 5.75 Å². The first-order valence-corrected chi connectivity index (χ1v) is 10.8. The number of rotatable bonds is 5. The number of amides is 1. The van der Waals surface area contributed by atoms with Crippen LogP contribution in [0.2, 0.25) is 0 Å². The lowest BCUT2D eigenvalue weighted by Crippen LogP contribution is -2.46. The number of sulfone groups is 1. The topological polar surface area (TPSA) is 83.5 Å². The van der Waals surface area contributed by atoms with E-state index in [1.165, 1.54) is 30.7 Å². The van der Waals surface area contributed by atoms with Crippen molar-refractivity contribution in [1.82, 2.24) is 5.32 Å². The third-order valence-electron chi connectivity index (χ3n) is 6.60. The molecular formula is C19H25NO4S. The van der Waals surface area contributed by atoms with Crippen LogP contribution in [0.25, 0.3) is 0 Å². The smallest absolute Gasteiger partial charge is 0.226 e. The van der Waals surface area contributed by atoms with Crippen molar-refractivity contribution in [2.24, 2.45) is 10.8 Å². The molecule has 1 aromatic carbocycles. The number of fused-ring (bicyclic) bond motifs is 2. The summed E-state index contributed by atoms with van der Waals surface area (Å²) < 4.78 is 25.6. The third-order valence-corrected chi connectivity index (χ3v) is 8.58. The average Bonchev–Trinajstić information content (AvgIpc) is 3.07. The Labute approximate surface area is 148 Å². The van der Waals surface area contributed by atoms with E-state index in [9.17, 15) is 18.3 Å². The van der Waals surface area contributed by atoms with Crippen molar-refractivity contribution in [1.29, 1.82) is 0 Å². The van der Waals surface area contributed by atoms with E-state index in [4.69, 9.17) is 0 Å². The van der Waals surface area contributed by atoms with Crippen LogP contribution in [0.1, 0.15) is 51.4 Å². The molecule has 0 aliphatic heterocycles. The summed E-state index contributed by atoms with van der Waals surface area (Å²) in [7, 11) is -3.42. The molecule has 0 unspecified atom stereocenters.